The number of hydrogen-bond donors (Lipinski definition) is 1. The summed E-state index contributed by atoms with van der Waals surface area (Å²) in [6.45, 7) is 4.62. The minimum atomic E-state index is -0.328. The van der Waals surface area contributed by atoms with E-state index in [9.17, 15) is 9.18 Å². The molecule has 0 aliphatic heterocycles. The Morgan fingerprint density at radius 3 is 2.50 bits per heavy atom. The maximum absolute atomic E-state index is 13.0. The lowest BCUT2D eigenvalue weighted by molar-refractivity contribution is -0.121. The highest BCUT2D eigenvalue weighted by molar-refractivity contribution is 6.30. The number of amides is 1. The normalized spacial score (nSPS) is 11.4. The van der Waals surface area contributed by atoms with Crippen molar-refractivity contribution in [2.24, 2.45) is 0 Å². The molecule has 0 spiro atoms. The fourth-order valence-electron chi connectivity index (χ4n) is 2.70. The number of aryl methyl sites for hydroxylation is 1. The van der Waals surface area contributed by atoms with Crippen molar-refractivity contribution in [3.8, 4) is 11.4 Å². The maximum Gasteiger partial charge on any atom is 0.227 e. The highest BCUT2D eigenvalue weighted by Gasteiger charge is 2.21. The predicted molar refractivity (Wildman–Crippen MR) is 106 cm³/mol. The van der Waals surface area contributed by atoms with Gasteiger partial charge in [0.25, 0.3) is 0 Å². The molecule has 1 N–H and O–H groups in total. The van der Waals surface area contributed by atoms with Gasteiger partial charge in [0, 0.05) is 35.4 Å². The molecule has 5 nitrogen and oxygen atoms in total. The van der Waals surface area contributed by atoms with Crippen LogP contribution in [-0.2, 0) is 16.6 Å². The average molecular weight is 402 g/mol. The Hall–Kier alpha value is -2.73. The number of carbonyl (C=O) groups is 1. The molecule has 2 aromatic carbocycles. The summed E-state index contributed by atoms with van der Waals surface area (Å²) >= 11 is 5.93. The molecule has 7 heteroatoms. The predicted octanol–water partition coefficient (Wildman–Crippen LogP) is 4.56. The van der Waals surface area contributed by atoms with Crippen molar-refractivity contribution in [1.29, 1.82) is 0 Å². The molecule has 0 atom stereocenters. The van der Waals surface area contributed by atoms with E-state index in [1.165, 1.54) is 12.1 Å². The van der Waals surface area contributed by atoms with Crippen LogP contribution in [0.2, 0.25) is 5.02 Å². The molecule has 0 bridgehead atoms. The number of carbonyl (C=O) groups excluding carboxylic acids is 1. The molecule has 0 saturated heterocycles. The van der Waals surface area contributed by atoms with Crippen molar-refractivity contribution >= 4 is 17.5 Å². The summed E-state index contributed by atoms with van der Waals surface area (Å²) in [5, 5.41) is 7.51. The van der Waals surface area contributed by atoms with Gasteiger partial charge in [-0.25, -0.2) is 4.39 Å². The third-order valence-electron chi connectivity index (χ3n) is 4.49. The molecule has 1 heterocycles. The molecule has 3 rings (SSSR count). The fraction of sp³-hybridized carbons (Fsp3) is 0.286. The van der Waals surface area contributed by atoms with E-state index >= 15 is 0 Å². The third-order valence-corrected chi connectivity index (χ3v) is 4.74. The molecule has 146 valence electrons. The second-order valence-electron chi connectivity index (χ2n) is 7.19. The number of hydrogen-bond acceptors (Lipinski definition) is 4. The Bertz CT molecular complexity index is 937. The standard InChI is InChI=1S/C21H21ClFN3O2/c1-21(2,15-5-7-16(22)8-6-15)13-24-18(27)11-12-19-25-20(26-28-19)14-3-9-17(23)10-4-14/h3-10H,11-13H2,1-2H3,(H,24,27). The van der Waals surface area contributed by atoms with Crippen molar-refractivity contribution in [3.63, 3.8) is 0 Å². The van der Waals surface area contributed by atoms with Crippen molar-refractivity contribution in [3.05, 3.63) is 70.8 Å². The molecule has 1 amide bonds. The number of halogens is 2. The summed E-state index contributed by atoms with van der Waals surface area (Å²) < 4.78 is 18.2. The van der Waals surface area contributed by atoms with Crippen LogP contribution < -0.4 is 5.32 Å². The highest BCUT2D eigenvalue weighted by Crippen LogP contribution is 2.24. The maximum atomic E-state index is 13.0. The first-order chi connectivity index (χ1) is 13.3. The SMILES string of the molecule is CC(C)(CNC(=O)CCc1nc(-c2ccc(F)cc2)no1)c1ccc(Cl)cc1. The van der Waals surface area contributed by atoms with Gasteiger partial charge in [0.15, 0.2) is 0 Å². The van der Waals surface area contributed by atoms with E-state index < -0.39 is 0 Å². The van der Waals surface area contributed by atoms with Gasteiger partial charge in [0.2, 0.25) is 17.6 Å². The van der Waals surface area contributed by atoms with Crippen LogP contribution in [0.3, 0.4) is 0 Å². The van der Waals surface area contributed by atoms with E-state index in [2.05, 4.69) is 29.3 Å². The summed E-state index contributed by atoms with van der Waals surface area (Å²) in [6, 6.07) is 13.4. The molecule has 28 heavy (non-hydrogen) atoms. The molecule has 0 radical (unpaired) electrons. The second-order valence-corrected chi connectivity index (χ2v) is 7.62. The van der Waals surface area contributed by atoms with Crippen molar-refractivity contribution < 1.29 is 13.7 Å². The van der Waals surface area contributed by atoms with Crippen molar-refractivity contribution in [2.45, 2.75) is 32.1 Å². The second kappa shape index (κ2) is 8.52. The van der Waals surface area contributed by atoms with Gasteiger partial charge < -0.3 is 9.84 Å². The molecule has 0 aliphatic carbocycles. The molecule has 1 aromatic heterocycles. The lowest BCUT2D eigenvalue weighted by atomic mass is 9.84. The fourth-order valence-corrected chi connectivity index (χ4v) is 2.83. The Labute approximate surface area is 167 Å². The number of aromatic nitrogens is 2. The summed E-state index contributed by atoms with van der Waals surface area (Å²) in [5.41, 5.74) is 1.53. The van der Waals surface area contributed by atoms with E-state index in [0.29, 0.717) is 35.3 Å². The number of rotatable bonds is 7. The molecule has 0 saturated carbocycles. The zero-order valence-corrected chi connectivity index (χ0v) is 16.5. The highest BCUT2D eigenvalue weighted by atomic mass is 35.5. The summed E-state index contributed by atoms with van der Waals surface area (Å²) in [7, 11) is 0. The van der Waals surface area contributed by atoms with Gasteiger partial charge in [0.1, 0.15) is 5.82 Å². The molecule has 0 fully saturated rings. The molecular formula is C21H21ClFN3O2. The van der Waals surface area contributed by atoms with Crippen molar-refractivity contribution in [1.82, 2.24) is 15.5 Å². The van der Waals surface area contributed by atoms with Gasteiger partial charge in [-0.2, -0.15) is 4.98 Å². The molecule has 3 aromatic rings. The average Bonchev–Trinajstić information content (AvgIpc) is 3.15. The first kappa shape index (κ1) is 20.0. The zero-order valence-electron chi connectivity index (χ0n) is 15.7. The van der Waals surface area contributed by atoms with Crippen molar-refractivity contribution in [2.75, 3.05) is 6.54 Å². The topological polar surface area (TPSA) is 68.0 Å². The van der Waals surface area contributed by atoms with Crippen LogP contribution in [0.5, 0.6) is 0 Å². The quantitative estimate of drug-likeness (QED) is 0.630. The van der Waals surface area contributed by atoms with E-state index in [-0.39, 0.29) is 23.6 Å². The number of nitrogens with one attached hydrogen (secondary N) is 1. The summed E-state index contributed by atoms with van der Waals surface area (Å²) in [6.07, 6.45) is 0.573. The Morgan fingerprint density at radius 2 is 1.82 bits per heavy atom. The van der Waals surface area contributed by atoms with Crippen LogP contribution in [0, 0.1) is 5.82 Å². The van der Waals surface area contributed by atoms with Crippen LogP contribution in [0.1, 0.15) is 31.7 Å². The zero-order chi connectivity index (χ0) is 20.1. The Morgan fingerprint density at radius 1 is 1.14 bits per heavy atom. The van der Waals surface area contributed by atoms with E-state index in [4.69, 9.17) is 16.1 Å². The van der Waals surface area contributed by atoms with Crippen LogP contribution in [-0.4, -0.2) is 22.6 Å². The third kappa shape index (κ3) is 5.16. The lowest BCUT2D eigenvalue weighted by Crippen LogP contribution is -2.36. The Balaban J connectivity index is 1.50. The smallest absolute Gasteiger partial charge is 0.227 e. The van der Waals surface area contributed by atoms with Crippen LogP contribution in [0.25, 0.3) is 11.4 Å². The van der Waals surface area contributed by atoms with E-state index in [1.54, 1.807) is 12.1 Å². The van der Waals surface area contributed by atoms with E-state index in [0.717, 1.165) is 5.56 Å². The molecular weight excluding hydrogens is 381 g/mol. The van der Waals surface area contributed by atoms with Crippen LogP contribution >= 0.6 is 11.6 Å². The molecule has 0 aliphatic rings. The van der Waals surface area contributed by atoms with Crippen LogP contribution in [0.15, 0.2) is 53.1 Å². The molecule has 0 unspecified atom stereocenters. The Kier molecular flexibility index (Phi) is 6.09. The summed E-state index contributed by atoms with van der Waals surface area (Å²) in [5.74, 6) is 0.319. The minimum Gasteiger partial charge on any atom is -0.355 e. The van der Waals surface area contributed by atoms with Gasteiger partial charge in [-0.15, -0.1) is 0 Å². The number of nitrogens with zero attached hydrogens (tertiary/aromatic N) is 2. The minimum absolute atomic E-state index is 0.0939. The first-order valence-corrected chi connectivity index (χ1v) is 9.32. The largest absolute Gasteiger partial charge is 0.355 e. The van der Waals surface area contributed by atoms with E-state index in [1.807, 2.05) is 24.3 Å². The van der Waals surface area contributed by atoms with Crippen LogP contribution in [0.4, 0.5) is 4.39 Å². The summed E-state index contributed by atoms with van der Waals surface area (Å²) in [4.78, 5) is 16.5. The van der Waals surface area contributed by atoms with Gasteiger partial charge in [-0.3, -0.25) is 4.79 Å². The first-order valence-electron chi connectivity index (χ1n) is 8.95. The van der Waals surface area contributed by atoms with Gasteiger partial charge in [-0.1, -0.05) is 42.7 Å². The van der Waals surface area contributed by atoms with Gasteiger partial charge in [0.05, 0.1) is 0 Å². The number of benzene rings is 2. The van der Waals surface area contributed by atoms with Gasteiger partial charge >= 0.3 is 0 Å². The monoisotopic (exact) mass is 401 g/mol. The van der Waals surface area contributed by atoms with Gasteiger partial charge in [-0.05, 0) is 42.0 Å². The lowest BCUT2D eigenvalue weighted by Gasteiger charge is -2.25.